The first-order valence-electron chi connectivity index (χ1n) is 7.56. The second-order valence-electron chi connectivity index (χ2n) is 6.41. The van der Waals surface area contributed by atoms with Gasteiger partial charge in [-0.2, -0.15) is 4.98 Å². The standard InChI is InChI=1S/C14H22N4O2SSi/c1-20-14-18-12-11(21-14)7-10(17-12)13(19)16-9-5-4-6-22(2,3)15-8-9/h7,9,15,17H,4-6,8H2,1-3H3,(H,16,19). The molecule has 0 bridgehead atoms. The molecule has 8 heteroatoms. The second kappa shape index (κ2) is 6.02. The van der Waals surface area contributed by atoms with E-state index in [9.17, 15) is 4.79 Å². The van der Waals surface area contributed by atoms with Crippen molar-refractivity contribution in [2.24, 2.45) is 0 Å². The molecule has 0 spiro atoms. The van der Waals surface area contributed by atoms with Gasteiger partial charge in [0.1, 0.15) is 13.9 Å². The van der Waals surface area contributed by atoms with E-state index in [1.54, 1.807) is 7.11 Å². The second-order valence-corrected chi connectivity index (χ2v) is 12.0. The molecule has 1 aliphatic heterocycles. The Morgan fingerprint density at radius 3 is 3.09 bits per heavy atom. The van der Waals surface area contributed by atoms with Crippen molar-refractivity contribution in [1.82, 2.24) is 20.3 Å². The zero-order valence-electron chi connectivity index (χ0n) is 13.2. The highest BCUT2D eigenvalue weighted by molar-refractivity contribution is 7.20. The number of fused-ring (bicyclic) bond motifs is 1. The maximum absolute atomic E-state index is 12.4. The zero-order valence-corrected chi connectivity index (χ0v) is 15.0. The normalized spacial score (nSPS) is 21.5. The van der Waals surface area contributed by atoms with Gasteiger partial charge < -0.3 is 20.0 Å². The van der Waals surface area contributed by atoms with Crippen LogP contribution in [0.25, 0.3) is 10.3 Å². The zero-order chi connectivity index (χ0) is 15.7. The van der Waals surface area contributed by atoms with Gasteiger partial charge >= 0.3 is 0 Å². The van der Waals surface area contributed by atoms with Crippen molar-refractivity contribution in [2.75, 3.05) is 13.7 Å². The fraction of sp³-hybridized carbons (Fsp3) is 0.571. The molecule has 22 heavy (non-hydrogen) atoms. The summed E-state index contributed by atoms with van der Waals surface area (Å²) < 4.78 is 6.03. The van der Waals surface area contributed by atoms with Crippen LogP contribution in [0.1, 0.15) is 23.3 Å². The molecule has 2 aromatic rings. The number of rotatable bonds is 3. The SMILES string of the molecule is COc1nc2[nH]c(C(=O)NC3CCC[Si](C)(C)NC3)cc2s1. The van der Waals surface area contributed by atoms with Crippen molar-refractivity contribution in [3.63, 3.8) is 0 Å². The number of carbonyl (C=O) groups excluding carboxylic acids is 1. The first kappa shape index (κ1) is 15.5. The average molecular weight is 339 g/mol. The summed E-state index contributed by atoms with van der Waals surface area (Å²) in [4.78, 5) is 23.4. The average Bonchev–Trinajstić information content (AvgIpc) is 2.97. The van der Waals surface area contributed by atoms with Crippen LogP contribution in [0.2, 0.25) is 19.1 Å². The van der Waals surface area contributed by atoms with Crippen molar-refractivity contribution < 1.29 is 9.53 Å². The predicted octanol–water partition coefficient (Wildman–Crippen LogP) is 2.32. The van der Waals surface area contributed by atoms with Crippen LogP contribution >= 0.6 is 11.3 Å². The number of nitrogens with zero attached hydrogens (tertiary/aromatic N) is 1. The first-order valence-corrected chi connectivity index (χ1v) is 11.6. The summed E-state index contributed by atoms with van der Waals surface area (Å²) in [7, 11) is 0.322. The molecule has 1 atom stereocenters. The number of nitrogens with one attached hydrogen (secondary N) is 3. The van der Waals surface area contributed by atoms with Crippen molar-refractivity contribution in [3.8, 4) is 5.19 Å². The van der Waals surface area contributed by atoms with Crippen LogP contribution in [-0.2, 0) is 0 Å². The number of aromatic nitrogens is 2. The summed E-state index contributed by atoms with van der Waals surface area (Å²) in [5.41, 5.74) is 1.27. The third kappa shape index (κ3) is 3.34. The van der Waals surface area contributed by atoms with E-state index in [1.165, 1.54) is 23.8 Å². The van der Waals surface area contributed by atoms with Gasteiger partial charge in [0.15, 0.2) is 5.65 Å². The highest BCUT2D eigenvalue weighted by Crippen LogP contribution is 2.27. The van der Waals surface area contributed by atoms with Gasteiger partial charge in [-0.15, -0.1) is 0 Å². The number of ether oxygens (including phenoxy) is 1. The number of H-pyrrole nitrogens is 1. The molecule has 3 rings (SSSR count). The van der Waals surface area contributed by atoms with Crippen LogP contribution in [0.4, 0.5) is 0 Å². The number of methoxy groups -OCH3 is 1. The Bertz CT molecular complexity index is 650. The third-order valence-electron chi connectivity index (χ3n) is 4.10. The molecule has 0 aliphatic carbocycles. The lowest BCUT2D eigenvalue weighted by Gasteiger charge is -2.22. The van der Waals surface area contributed by atoms with Crippen LogP contribution in [-0.4, -0.2) is 43.8 Å². The number of hydrogen-bond donors (Lipinski definition) is 3. The predicted molar refractivity (Wildman–Crippen MR) is 91.3 cm³/mol. The highest BCUT2D eigenvalue weighted by atomic mass is 32.1. The fourth-order valence-corrected chi connectivity index (χ4v) is 5.61. The van der Waals surface area contributed by atoms with Crippen molar-refractivity contribution >= 4 is 35.8 Å². The molecule has 2 aromatic heterocycles. The Morgan fingerprint density at radius 2 is 2.36 bits per heavy atom. The summed E-state index contributed by atoms with van der Waals surface area (Å²) in [6.07, 6.45) is 2.21. The van der Waals surface area contributed by atoms with Crippen molar-refractivity contribution in [1.29, 1.82) is 0 Å². The monoisotopic (exact) mass is 338 g/mol. The molecule has 1 amide bonds. The van der Waals surface area contributed by atoms with Gasteiger partial charge in [-0.05, 0) is 18.5 Å². The molecule has 0 saturated carbocycles. The van der Waals surface area contributed by atoms with Gasteiger partial charge in [-0.3, -0.25) is 4.79 Å². The molecule has 1 aliphatic rings. The highest BCUT2D eigenvalue weighted by Gasteiger charge is 2.26. The summed E-state index contributed by atoms with van der Waals surface area (Å²) >= 11 is 1.43. The molecule has 0 radical (unpaired) electrons. The smallest absolute Gasteiger partial charge is 0.275 e. The molecule has 1 saturated heterocycles. The van der Waals surface area contributed by atoms with E-state index in [-0.39, 0.29) is 11.9 Å². The Morgan fingerprint density at radius 1 is 1.55 bits per heavy atom. The largest absolute Gasteiger partial charge is 0.473 e. The maximum atomic E-state index is 12.4. The van der Waals surface area contributed by atoms with Gasteiger partial charge in [-0.25, -0.2) is 0 Å². The Hall–Kier alpha value is -1.38. The minimum atomic E-state index is -1.27. The molecule has 1 fully saturated rings. The van der Waals surface area contributed by atoms with Gasteiger partial charge in [0.2, 0.25) is 0 Å². The Balaban J connectivity index is 1.66. The summed E-state index contributed by atoms with van der Waals surface area (Å²) in [5, 5.41) is 3.73. The van der Waals surface area contributed by atoms with Crippen molar-refractivity contribution in [2.45, 2.75) is 38.0 Å². The Kier molecular flexibility index (Phi) is 4.24. The first-order chi connectivity index (χ1) is 10.5. The molecule has 3 N–H and O–H groups in total. The number of thiazole rings is 1. The topological polar surface area (TPSA) is 79.0 Å². The van der Waals surface area contributed by atoms with Gasteiger partial charge in [0.25, 0.3) is 11.1 Å². The lowest BCUT2D eigenvalue weighted by atomic mass is 10.1. The van der Waals surface area contributed by atoms with E-state index in [4.69, 9.17) is 4.74 Å². The maximum Gasteiger partial charge on any atom is 0.275 e. The van der Waals surface area contributed by atoms with Crippen LogP contribution in [0.3, 0.4) is 0 Å². The number of amides is 1. The summed E-state index contributed by atoms with van der Waals surface area (Å²) in [6.45, 7) is 5.55. The van der Waals surface area contributed by atoms with Crippen LogP contribution < -0.4 is 15.0 Å². The van der Waals surface area contributed by atoms with Crippen LogP contribution in [0.5, 0.6) is 5.19 Å². The molecule has 6 nitrogen and oxygen atoms in total. The van der Waals surface area contributed by atoms with Crippen LogP contribution in [0, 0.1) is 0 Å². The molecular formula is C14H22N4O2SSi. The Labute approximate surface area is 134 Å². The molecule has 3 heterocycles. The quantitative estimate of drug-likeness (QED) is 0.751. The third-order valence-corrected chi connectivity index (χ3v) is 7.83. The minimum absolute atomic E-state index is 0.0580. The van der Waals surface area contributed by atoms with Gasteiger partial charge in [-0.1, -0.05) is 30.9 Å². The molecule has 1 unspecified atom stereocenters. The lowest BCUT2D eigenvalue weighted by Crippen LogP contribution is -2.49. The fourth-order valence-electron chi connectivity index (χ4n) is 2.77. The minimum Gasteiger partial charge on any atom is -0.473 e. The van der Waals surface area contributed by atoms with Crippen molar-refractivity contribution in [3.05, 3.63) is 11.8 Å². The van der Waals surface area contributed by atoms with E-state index in [2.05, 4.69) is 33.4 Å². The van der Waals surface area contributed by atoms with E-state index >= 15 is 0 Å². The van der Waals surface area contributed by atoms with Crippen LogP contribution in [0.15, 0.2) is 6.07 Å². The number of hydrogen-bond acceptors (Lipinski definition) is 5. The van der Waals surface area contributed by atoms with E-state index < -0.39 is 8.24 Å². The summed E-state index contributed by atoms with van der Waals surface area (Å²) in [5.74, 6) is -0.0580. The van der Waals surface area contributed by atoms with E-state index in [1.807, 2.05) is 6.07 Å². The van der Waals surface area contributed by atoms with Gasteiger partial charge in [0, 0.05) is 12.6 Å². The molecular weight excluding hydrogens is 316 g/mol. The van der Waals surface area contributed by atoms with Gasteiger partial charge in [0.05, 0.1) is 11.8 Å². The number of carbonyl (C=O) groups is 1. The lowest BCUT2D eigenvalue weighted by molar-refractivity contribution is 0.0931. The summed E-state index contributed by atoms with van der Waals surface area (Å²) in [6, 6.07) is 3.31. The number of aromatic amines is 1. The molecule has 120 valence electrons. The molecule has 0 aromatic carbocycles. The van der Waals surface area contributed by atoms with E-state index in [0.717, 1.165) is 17.7 Å². The van der Waals surface area contributed by atoms with E-state index in [0.29, 0.717) is 16.5 Å².